The number of hydrogen-bond donors (Lipinski definition) is 1. The molecule has 0 fully saturated rings. The number of aromatic nitrogens is 3. The Balaban J connectivity index is 2.26. The lowest BCUT2D eigenvalue weighted by Gasteiger charge is -2.05. The lowest BCUT2D eigenvalue weighted by Crippen LogP contribution is -2.03. The first-order valence-corrected chi connectivity index (χ1v) is 5.33. The fraction of sp³-hybridized carbons (Fsp3) is 0.455. The van der Waals surface area contributed by atoms with Crippen molar-refractivity contribution in [2.45, 2.75) is 19.8 Å². The van der Waals surface area contributed by atoms with Crippen LogP contribution in [0.2, 0.25) is 0 Å². The van der Waals surface area contributed by atoms with Crippen molar-refractivity contribution >= 4 is 16.9 Å². The smallest absolute Gasteiger partial charge is 0.145 e. The molecule has 2 aromatic heterocycles. The average Bonchev–Trinajstić information content (AvgIpc) is 2.62. The summed E-state index contributed by atoms with van der Waals surface area (Å²) in [6, 6.07) is 2.05. The number of hydrogen-bond acceptors (Lipinski definition) is 3. The molecule has 15 heavy (non-hydrogen) atoms. The molecule has 0 bridgehead atoms. The highest BCUT2D eigenvalue weighted by atomic mass is 15.1. The molecule has 0 aliphatic rings. The zero-order valence-corrected chi connectivity index (χ0v) is 9.20. The van der Waals surface area contributed by atoms with E-state index in [1.807, 2.05) is 23.9 Å². The Morgan fingerprint density at radius 3 is 3.07 bits per heavy atom. The molecule has 0 radical (unpaired) electrons. The Morgan fingerprint density at radius 1 is 1.40 bits per heavy atom. The summed E-state index contributed by atoms with van der Waals surface area (Å²) < 4.78 is 2.00. The zero-order chi connectivity index (χ0) is 10.7. The van der Waals surface area contributed by atoms with E-state index in [2.05, 4.69) is 22.2 Å². The number of rotatable bonds is 4. The van der Waals surface area contributed by atoms with Gasteiger partial charge in [-0.1, -0.05) is 13.3 Å². The van der Waals surface area contributed by atoms with E-state index in [0.29, 0.717) is 0 Å². The summed E-state index contributed by atoms with van der Waals surface area (Å²) in [7, 11) is 1.99. The van der Waals surface area contributed by atoms with Crippen molar-refractivity contribution in [3.05, 3.63) is 18.6 Å². The normalized spacial score (nSPS) is 10.8. The maximum absolute atomic E-state index is 4.26. The van der Waals surface area contributed by atoms with Gasteiger partial charge in [0.15, 0.2) is 0 Å². The fourth-order valence-corrected chi connectivity index (χ4v) is 1.60. The van der Waals surface area contributed by atoms with E-state index < -0.39 is 0 Å². The van der Waals surface area contributed by atoms with Crippen molar-refractivity contribution in [2.75, 3.05) is 11.9 Å². The minimum atomic E-state index is 0.939. The summed E-state index contributed by atoms with van der Waals surface area (Å²) in [4.78, 5) is 8.50. The molecule has 0 amide bonds. The van der Waals surface area contributed by atoms with Crippen molar-refractivity contribution in [2.24, 2.45) is 7.05 Å². The van der Waals surface area contributed by atoms with E-state index in [-0.39, 0.29) is 0 Å². The summed E-state index contributed by atoms with van der Waals surface area (Å²) in [6.45, 7) is 3.15. The van der Waals surface area contributed by atoms with Crippen molar-refractivity contribution in [3.63, 3.8) is 0 Å². The average molecular weight is 204 g/mol. The molecular weight excluding hydrogens is 188 g/mol. The van der Waals surface area contributed by atoms with Crippen molar-refractivity contribution in [1.29, 1.82) is 0 Å². The second-order valence-corrected chi connectivity index (χ2v) is 3.67. The van der Waals surface area contributed by atoms with Crippen molar-refractivity contribution < 1.29 is 0 Å². The number of nitrogens with one attached hydrogen (secondary N) is 1. The highest BCUT2D eigenvalue weighted by Gasteiger charge is 2.04. The molecule has 2 rings (SSSR count). The molecule has 0 spiro atoms. The van der Waals surface area contributed by atoms with Gasteiger partial charge in [0.25, 0.3) is 0 Å². The quantitative estimate of drug-likeness (QED) is 0.776. The predicted molar refractivity (Wildman–Crippen MR) is 61.9 cm³/mol. The molecule has 0 unspecified atom stereocenters. The third kappa shape index (κ3) is 1.93. The Hall–Kier alpha value is -1.58. The molecule has 0 aromatic carbocycles. The van der Waals surface area contributed by atoms with Crippen LogP contribution in [0.1, 0.15) is 19.8 Å². The zero-order valence-electron chi connectivity index (χ0n) is 9.20. The first-order valence-electron chi connectivity index (χ1n) is 5.33. The first kappa shape index (κ1) is 9.96. The van der Waals surface area contributed by atoms with Crippen LogP contribution in [0.4, 0.5) is 5.82 Å². The minimum absolute atomic E-state index is 0.939. The molecule has 2 heterocycles. The molecule has 4 heteroatoms. The molecular formula is C11H16N4. The second-order valence-electron chi connectivity index (χ2n) is 3.67. The van der Waals surface area contributed by atoms with Crippen LogP contribution in [0.15, 0.2) is 18.6 Å². The van der Waals surface area contributed by atoms with E-state index in [1.54, 1.807) is 6.33 Å². The second kappa shape index (κ2) is 4.29. The van der Waals surface area contributed by atoms with Crippen molar-refractivity contribution in [1.82, 2.24) is 14.5 Å². The molecule has 80 valence electrons. The van der Waals surface area contributed by atoms with E-state index in [9.17, 15) is 0 Å². The van der Waals surface area contributed by atoms with Crippen LogP contribution < -0.4 is 5.32 Å². The Morgan fingerprint density at radius 2 is 2.27 bits per heavy atom. The van der Waals surface area contributed by atoms with Gasteiger partial charge in [0, 0.05) is 19.8 Å². The van der Waals surface area contributed by atoms with Crippen LogP contribution >= 0.6 is 0 Å². The monoisotopic (exact) mass is 204 g/mol. The maximum atomic E-state index is 4.26. The van der Waals surface area contributed by atoms with Gasteiger partial charge in [0.2, 0.25) is 0 Å². The summed E-state index contributed by atoms with van der Waals surface area (Å²) in [5, 5.41) is 4.43. The van der Waals surface area contributed by atoms with Crippen LogP contribution in [0, 0.1) is 0 Å². The van der Waals surface area contributed by atoms with Crippen LogP contribution in [-0.4, -0.2) is 21.1 Å². The van der Waals surface area contributed by atoms with E-state index in [4.69, 9.17) is 0 Å². The van der Waals surface area contributed by atoms with E-state index in [1.165, 1.54) is 12.8 Å². The summed E-state index contributed by atoms with van der Waals surface area (Å²) >= 11 is 0. The highest BCUT2D eigenvalue weighted by Crippen LogP contribution is 2.19. The van der Waals surface area contributed by atoms with Gasteiger partial charge in [-0.25, -0.2) is 9.97 Å². The summed E-state index contributed by atoms with van der Waals surface area (Å²) in [5.41, 5.74) is 0.976. The molecule has 0 saturated heterocycles. The number of nitrogens with zero attached hydrogens (tertiary/aromatic N) is 3. The lowest BCUT2D eigenvalue weighted by molar-refractivity contribution is 0.831. The van der Waals surface area contributed by atoms with Crippen LogP contribution in [0.25, 0.3) is 11.0 Å². The van der Waals surface area contributed by atoms with Gasteiger partial charge in [0.1, 0.15) is 17.8 Å². The van der Waals surface area contributed by atoms with Crippen LogP contribution in [-0.2, 0) is 7.05 Å². The fourth-order valence-electron chi connectivity index (χ4n) is 1.60. The highest BCUT2D eigenvalue weighted by molar-refractivity contribution is 5.87. The number of aryl methyl sites for hydroxylation is 1. The third-order valence-corrected chi connectivity index (χ3v) is 2.48. The molecule has 1 N–H and O–H groups in total. The van der Waals surface area contributed by atoms with Crippen molar-refractivity contribution in [3.8, 4) is 0 Å². The lowest BCUT2D eigenvalue weighted by atomic mass is 10.3. The summed E-state index contributed by atoms with van der Waals surface area (Å²) in [6.07, 6.45) is 5.97. The van der Waals surface area contributed by atoms with Crippen LogP contribution in [0.5, 0.6) is 0 Å². The maximum Gasteiger partial charge on any atom is 0.145 e. The van der Waals surface area contributed by atoms with Crippen LogP contribution in [0.3, 0.4) is 0 Å². The molecule has 4 nitrogen and oxygen atoms in total. The van der Waals surface area contributed by atoms with E-state index >= 15 is 0 Å². The number of unbranched alkanes of at least 4 members (excludes halogenated alkanes) is 1. The van der Waals surface area contributed by atoms with E-state index in [0.717, 1.165) is 23.4 Å². The van der Waals surface area contributed by atoms with Gasteiger partial charge < -0.3 is 9.88 Å². The van der Waals surface area contributed by atoms with Gasteiger partial charge in [-0.05, 0) is 12.5 Å². The number of anilines is 1. The standard InChI is InChI=1S/C11H16N4/c1-3-4-6-12-10-9-5-7-15(2)11(9)14-8-13-10/h5,7-8H,3-4,6H2,1-2H3,(H,12,13,14). The Bertz CT molecular complexity index is 447. The van der Waals surface area contributed by atoms with Gasteiger partial charge in [0.05, 0.1) is 5.39 Å². The molecule has 0 aliphatic heterocycles. The third-order valence-electron chi connectivity index (χ3n) is 2.48. The number of fused-ring (bicyclic) bond motifs is 1. The topological polar surface area (TPSA) is 42.7 Å². The molecule has 0 atom stereocenters. The van der Waals surface area contributed by atoms with Gasteiger partial charge in [-0.2, -0.15) is 0 Å². The predicted octanol–water partition coefficient (Wildman–Crippen LogP) is 2.18. The van der Waals surface area contributed by atoms with Gasteiger partial charge in [-0.3, -0.25) is 0 Å². The Kier molecular flexibility index (Phi) is 2.85. The van der Waals surface area contributed by atoms with Gasteiger partial charge in [-0.15, -0.1) is 0 Å². The molecule has 2 aromatic rings. The SMILES string of the molecule is CCCCNc1ncnc2c1ccn2C. The molecule has 0 saturated carbocycles. The first-order chi connectivity index (χ1) is 7.33. The minimum Gasteiger partial charge on any atom is -0.369 e. The molecule has 0 aliphatic carbocycles. The Labute approximate surface area is 89.3 Å². The van der Waals surface area contributed by atoms with Gasteiger partial charge >= 0.3 is 0 Å². The largest absolute Gasteiger partial charge is 0.369 e. The summed E-state index contributed by atoms with van der Waals surface area (Å²) in [5.74, 6) is 0.939.